The highest BCUT2D eigenvalue weighted by Crippen LogP contribution is 2.57. The van der Waals surface area contributed by atoms with Crippen LogP contribution in [0.4, 0.5) is 5.69 Å². The first kappa shape index (κ1) is 13.5. The number of esters is 1. The zero-order valence-corrected chi connectivity index (χ0v) is 12.2. The Hall–Kier alpha value is -2.17. The van der Waals surface area contributed by atoms with Gasteiger partial charge in [0.15, 0.2) is 5.78 Å². The van der Waals surface area contributed by atoms with Gasteiger partial charge in [0.1, 0.15) is 6.10 Å². The third kappa shape index (κ3) is 1.88. The molecule has 1 saturated heterocycles. The highest BCUT2D eigenvalue weighted by atomic mass is 16.6. The number of Topliss-reactive ketones (excluding diaryl/α,β-unsaturated/α-hetero) is 1. The summed E-state index contributed by atoms with van der Waals surface area (Å²) in [5.74, 6) is -0.502. The average Bonchev–Trinajstić information content (AvgIpc) is 3.08. The van der Waals surface area contributed by atoms with Crippen LogP contribution < -0.4 is 5.32 Å². The molecule has 0 radical (unpaired) electrons. The molecule has 1 amide bonds. The summed E-state index contributed by atoms with van der Waals surface area (Å²) in [4.78, 5) is 36.0. The molecule has 1 heterocycles. The van der Waals surface area contributed by atoms with Crippen molar-refractivity contribution in [1.82, 2.24) is 0 Å². The Balaban J connectivity index is 1.55. The van der Waals surface area contributed by atoms with Crippen molar-refractivity contribution >= 4 is 23.3 Å². The molecule has 1 aliphatic heterocycles. The van der Waals surface area contributed by atoms with Crippen molar-refractivity contribution in [3.8, 4) is 0 Å². The van der Waals surface area contributed by atoms with E-state index in [0.717, 1.165) is 12.8 Å². The number of fused-ring (bicyclic) bond motifs is 1. The van der Waals surface area contributed by atoms with Gasteiger partial charge in [-0.2, -0.15) is 0 Å². The van der Waals surface area contributed by atoms with Crippen LogP contribution in [0.15, 0.2) is 24.3 Å². The number of carbonyl (C=O) groups excluding carboxylic acids is 3. The van der Waals surface area contributed by atoms with Gasteiger partial charge in [0.2, 0.25) is 5.91 Å². The predicted molar refractivity (Wildman–Crippen MR) is 78.2 cm³/mol. The van der Waals surface area contributed by atoms with Crippen molar-refractivity contribution < 1.29 is 19.1 Å². The summed E-state index contributed by atoms with van der Waals surface area (Å²) in [5.41, 5.74) is 1.16. The molecule has 0 aromatic heterocycles. The van der Waals surface area contributed by atoms with E-state index in [4.69, 9.17) is 4.74 Å². The average molecular weight is 299 g/mol. The molecule has 0 unspecified atom stereocenters. The van der Waals surface area contributed by atoms with E-state index >= 15 is 0 Å². The van der Waals surface area contributed by atoms with E-state index in [-0.39, 0.29) is 47.4 Å². The molecule has 3 aliphatic rings. The number of nitrogens with one attached hydrogen (secondary N) is 1. The minimum absolute atomic E-state index is 0.0348. The lowest BCUT2D eigenvalue weighted by Gasteiger charge is -2.23. The summed E-state index contributed by atoms with van der Waals surface area (Å²) >= 11 is 0. The van der Waals surface area contributed by atoms with E-state index in [9.17, 15) is 14.4 Å². The lowest BCUT2D eigenvalue weighted by molar-refractivity contribution is -0.145. The van der Waals surface area contributed by atoms with Crippen molar-refractivity contribution in [2.45, 2.75) is 25.9 Å². The fraction of sp³-hybridized carbons (Fsp3) is 0.471. The minimum atomic E-state index is -0.294. The first-order valence-corrected chi connectivity index (χ1v) is 7.67. The quantitative estimate of drug-likeness (QED) is 0.684. The van der Waals surface area contributed by atoms with Crippen LogP contribution in [-0.4, -0.2) is 23.8 Å². The lowest BCUT2D eigenvalue weighted by Crippen LogP contribution is -2.35. The second-order valence-corrected chi connectivity index (χ2v) is 6.55. The van der Waals surface area contributed by atoms with Crippen molar-refractivity contribution in [2.75, 3.05) is 5.32 Å². The second-order valence-electron chi connectivity index (χ2n) is 6.55. The topological polar surface area (TPSA) is 72.5 Å². The minimum Gasteiger partial charge on any atom is -0.462 e. The highest BCUT2D eigenvalue weighted by molar-refractivity contribution is 5.99. The van der Waals surface area contributed by atoms with E-state index in [1.807, 2.05) is 0 Å². The van der Waals surface area contributed by atoms with Crippen molar-refractivity contribution in [3.63, 3.8) is 0 Å². The van der Waals surface area contributed by atoms with E-state index in [2.05, 4.69) is 5.32 Å². The maximum absolute atomic E-state index is 12.6. The summed E-state index contributed by atoms with van der Waals surface area (Å²) in [5, 5.41) is 2.87. The van der Waals surface area contributed by atoms with Crippen LogP contribution in [0.5, 0.6) is 0 Å². The summed E-state index contributed by atoms with van der Waals surface area (Å²) in [6.45, 7) is 1.49. The van der Waals surface area contributed by atoms with Gasteiger partial charge in [-0.1, -0.05) is 12.1 Å². The number of ether oxygens (including phenoxy) is 1. The molecule has 114 valence electrons. The number of ketones is 1. The Morgan fingerprint density at radius 1 is 1.27 bits per heavy atom. The zero-order chi connectivity index (χ0) is 15.4. The Labute approximate surface area is 128 Å². The largest absolute Gasteiger partial charge is 0.462 e. The molecule has 5 nitrogen and oxygen atoms in total. The second kappa shape index (κ2) is 4.66. The Morgan fingerprint density at radius 2 is 2.09 bits per heavy atom. The fourth-order valence-corrected chi connectivity index (χ4v) is 4.40. The fourth-order valence-electron chi connectivity index (χ4n) is 4.40. The molecule has 1 aromatic carbocycles. The van der Waals surface area contributed by atoms with Crippen molar-refractivity contribution in [3.05, 3.63) is 29.8 Å². The van der Waals surface area contributed by atoms with Gasteiger partial charge in [-0.3, -0.25) is 14.4 Å². The van der Waals surface area contributed by atoms with Gasteiger partial charge < -0.3 is 10.1 Å². The number of carbonyl (C=O) groups is 3. The molecule has 1 aromatic rings. The van der Waals surface area contributed by atoms with Gasteiger partial charge in [-0.05, 0) is 37.8 Å². The first-order chi connectivity index (χ1) is 10.5. The van der Waals surface area contributed by atoms with E-state index in [1.54, 1.807) is 24.3 Å². The van der Waals surface area contributed by atoms with Crippen LogP contribution in [0.25, 0.3) is 0 Å². The molecule has 0 spiro atoms. The SMILES string of the molecule is CC(=O)c1cccc(NC(=O)[C@@H]2[C@@H]3C[C@@H]4[C@@H]2C(=O)O[C@H]4C3)c1. The number of benzene rings is 1. The Bertz CT molecular complexity index is 681. The number of rotatable bonds is 3. The van der Waals surface area contributed by atoms with Crippen molar-refractivity contribution in [2.24, 2.45) is 23.7 Å². The number of hydrogen-bond donors (Lipinski definition) is 1. The monoisotopic (exact) mass is 299 g/mol. The third-order valence-corrected chi connectivity index (χ3v) is 5.32. The molecular weight excluding hydrogens is 282 g/mol. The standard InChI is InChI=1S/C17H17NO4/c1-8(19)9-3-2-4-11(5-9)18-16(20)14-10-6-12-13(7-10)22-17(21)15(12)14/h2-5,10,12-15H,6-7H2,1H3,(H,18,20)/t10-,12+,13+,14-,15+/m1/s1. The van der Waals surface area contributed by atoms with Crippen LogP contribution in [0.1, 0.15) is 30.1 Å². The smallest absolute Gasteiger partial charge is 0.310 e. The highest BCUT2D eigenvalue weighted by Gasteiger charge is 2.63. The van der Waals surface area contributed by atoms with Crippen LogP contribution in [0.2, 0.25) is 0 Å². The number of hydrogen-bond acceptors (Lipinski definition) is 4. The summed E-state index contributed by atoms with van der Waals surface area (Å²) in [6.07, 6.45) is 1.75. The molecule has 5 heteroatoms. The Morgan fingerprint density at radius 3 is 2.86 bits per heavy atom. The summed E-state index contributed by atoms with van der Waals surface area (Å²) in [7, 11) is 0. The van der Waals surface area contributed by atoms with Crippen LogP contribution in [0.3, 0.4) is 0 Å². The number of anilines is 1. The van der Waals surface area contributed by atoms with Gasteiger partial charge in [-0.25, -0.2) is 0 Å². The lowest BCUT2D eigenvalue weighted by atomic mass is 9.79. The normalized spacial score (nSPS) is 34.6. The summed E-state index contributed by atoms with van der Waals surface area (Å²) in [6, 6.07) is 6.89. The molecule has 3 fully saturated rings. The molecule has 2 aliphatic carbocycles. The Kier molecular flexibility index (Phi) is 2.86. The van der Waals surface area contributed by atoms with Crippen LogP contribution >= 0.6 is 0 Å². The van der Waals surface area contributed by atoms with E-state index in [1.165, 1.54) is 6.92 Å². The zero-order valence-electron chi connectivity index (χ0n) is 12.2. The van der Waals surface area contributed by atoms with Crippen molar-refractivity contribution in [1.29, 1.82) is 0 Å². The molecular formula is C17H17NO4. The molecule has 2 bridgehead atoms. The number of amides is 1. The molecule has 5 atom stereocenters. The van der Waals surface area contributed by atoms with Gasteiger partial charge in [-0.15, -0.1) is 0 Å². The van der Waals surface area contributed by atoms with E-state index in [0.29, 0.717) is 11.3 Å². The molecule has 4 rings (SSSR count). The first-order valence-electron chi connectivity index (χ1n) is 7.67. The predicted octanol–water partition coefficient (Wildman–Crippen LogP) is 2.03. The molecule has 1 N–H and O–H groups in total. The van der Waals surface area contributed by atoms with Crippen LogP contribution in [-0.2, 0) is 14.3 Å². The maximum Gasteiger partial charge on any atom is 0.310 e. The van der Waals surface area contributed by atoms with Gasteiger partial charge in [0.05, 0.1) is 11.8 Å². The van der Waals surface area contributed by atoms with Gasteiger partial charge in [0.25, 0.3) is 0 Å². The van der Waals surface area contributed by atoms with Gasteiger partial charge >= 0.3 is 5.97 Å². The molecule has 22 heavy (non-hydrogen) atoms. The van der Waals surface area contributed by atoms with Gasteiger partial charge in [0, 0.05) is 17.2 Å². The maximum atomic E-state index is 12.6. The third-order valence-electron chi connectivity index (χ3n) is 5.32. The van der Waals surface area contributed by atoms with E-state index < -0.39 is 0 Å². The van der Waals surface area contributed by atoms with Crippen LogP contribution in [0, 0.1) is 23.7 Å². The summed E-state index contributed by atoms with van der Waals surface area (Å²) < 4.78 is 5.36. The molecule has 2 saturated carbocycles.